The molecule has 23 heavy (non-hydrogen) atoms. The third-order valence-corrected chi connectivity index (χ3v) is 4.96. The molecule has 5 heteroatoms. The molecular formula is C18H23NO4. The van der Waals surface area contributed by atoms with Crippen molar-refractivity contribution in [2.45, 2.75) is 37.7 Å². The summed E-state index contributed by atoms with van der Waals surface area (Å²) in [6, 6.07) is 9.59. The largest absolute Gasteiger partial charge is 0.481 e. The van der Waals surface area contributed by atoms with Gasteiger partial charge in [0.25, 0.3) is 0 Å². The second kappa shape index (κ2) is 7.13. The smallest absolute Gasteiger partial charge is 0.308 e. The summed E-state index contributed by atoms with van der Waals surface area (Å²) in [7, 11) is 0. The fourth-order valence-electron chi connectivity index (χ4n) is 3.63. The molecule has 2 aliphatic rings. The Morgan fingerprint density at radius 3 is 2.48 bits per heavy atom. The van der Waals surface area contributed by atoms with Gasteiger partial charge in [-0.2, -0.15) is 0 Å². The number of carbonyl (C=O) groups excluding carboxylic acids is 1. The van der Waals surface area contributed by atoms with Gasteiger partial charge in [0.15, 0.2) is 0 Å². The summed E-state index contributed by atoms with van der Waals surface area (Å²) in [4.78, 5) is 25.6. The Kier molecular flexibility index (Phi) is 4.96. The molecule has 5 nitrogen and oxygen atoms in total. The summed E-state index contributed by atoms with van der Waals surface area (Å²) in [5, 5.41) is 9.48. The Labute approximate surface area is 136 Å². The van der Waals surface area contributed by atoms with Crippen LogP contribution < -0.4 is 0 Å². The second-order valence-electron chi connectivity index (χ2n) is 6.48. The predicted molar refractivity (Wildman–Crippen MR) is 85.1 cm³/mol. The first-order valence-corrected chi connectivity index (χ1v) is 8.32. The Morgan fingerprint density at radius 1 is 1.13 bits per heavy atom. The van der Waals surface area contributed by atoms with Crippen molar-refractivity contribution in [3.63, 3.8) is 0 Å². The highest BCUT2D eigenvalue weighted by Gasteiger charge is 2.40. The van der Waals surface area contributed by atoms with Gasteiger partial charge in [-0.25, -0.2) is 0 Å². The van der Waals surface area contributed by atoms with Crippen LogP contribution in [-0.4, -0.2) is 47.7 Å². The molecule has 1 N–H and O–H groups in total. The van der Waals surface area contributed by atoms with Crippen LogP contribution in [0.4, 0.5) is 0 Å². The molecule has 1 heterocycles. The van der Waals surface area contributed by atoms with E-state index in [-0.39, 0.29) is 31.1 Å². The van der Waals surface area contributed by atoms with E-state index in [0.717, 1.165) is 18.4 Å². The molecule has 2 atom stereocenters. The molecule has 1 aliphatic heterocycles. The number of carbonyl (C=O) groups is 2. The van der Waals surface area contributed by atoms with Crippen molar-refractivity contribution in [3.8, 4) is 0 Å². The van der Waals surface area contributed by atoms with Gasteiger partial charge in [0.1, 0.15) is 6.61 Å². The number of aliphatic carboxylic acids is 1. The fraction of sp³-hybridized carbons (Fsp3) is 0.556. The number of nitrogens with zero attached hydrogens (tertiary/aromatic N) is 1. The minimum Gasteiger partial charge on any atom is -0.481 e. The summed E-state index contributed by atoms with van der Waals surface area (Å²) in [5.74, 6) is -1.63. The summed E-state index contributed by atoms with van der Waals surface area (Å²) in [5.41, 5.74) is 0.979. The minimum absolute atomic E-state index is 0.0680. The molecule has 0 aromatic heterocycles. The third kappa shape index (κ3) is 3.72. The van der Waals surface area contributed by atoms with Crippen molar-refractivity contribution in [1.82, 2.24) is 4.90 Å². The van der Waals surface area contributed by atoms with E-state index in [9.17, 15) is 14.7 Å². The molecule has 0 spiro atoms. The lowest BCUT2D eigenvalue weighted by Crippen LogP contribution is -2.34. The van der Waals surface area contributed by atoms with Gasteiger partial charge in [0.05, 0.1) is 12.0 Å². The molecule has 1 aromatic carbocycles. The molecule has 124 valence electrons. The Hall–Kier alpha value is -1.88. The van der Waals surface area contributed by atoms with Crippen LogP contribution in [0.15, 0.2) is 30.3 Å². The minimum atomic E-state index is -0.842. The molecule has 1 aliphatic carbocycles. The van der Waals surface area contributed by atoms with E-state index in [4.69, 9.17) is 4.74 Å². The number of hydrogen-bond acceptors (Lipinski definition) is 3. The number of carboxylic acid groups (broad SMARTS) is 1. The van der Waals surface area contributed by atoms with Gasteiger partial charge in [-0.15, -0.1) is 0 Å². The van der Waals surface area contributed by atoms with Crippen LogP contribution in [0.5, 0.6) is 0 Å². The zero-order valence-electron chi connectivity index (χ0n) is 13.2. The summed E-state index contributed by atoms with van der Waals surface area (Å²) < 4.78 is 5.68. The number of benzene rings is 1. The van der Waals surface area contributed by atoms with Gasteiger partial charge < -0.3 is 14.7 Å². The predicted octanol–water partition coefficient (Wildman–Crippen LogP) is 2.27. The van der Waals surface area contributed by atoms with Gasteiger partial charge >= 0.3 is 5.97 Å². The van der Waals surface area contributed by atoms with Crippen LogP contribution in [0.25, 0.3) is 0 Å². The van der Waals surface area contributed by atoms with E-state index >= 15 is 0 Å². The maximum absolute atomic E-state index is 12.4. The Balaban J connectivity index is 1.62. The standard InChI is InChI=1S/C18H23NO4/c20-17(12-23-14-8-4-5-9-14)19-10-15(16(11-19)18(21)22)13-6-2-1-3-7-13/h1-3,6-7,14-16H,4-5,8-12H2,(H,21,22)/t15-,16-/m1/s1. The number of rotatable bonds is 5. The van der Waals surface area contributed by atoms with E-state index in [0.29, 0.717) is 6.54 Å². The van der Waals surface area contributed by atoms with E-state index in [1.807, 2.05) is 30.3 Å². The lowest BCUT2D eigenvalue weighted by Gasteiger charge is -2.18. The van der Waals surface area contributed by atoms with Gasteiger partial charge in [-0.3, -0.25) is 9.59 Å². The van der Waals surface area contributed by atoms with Gasteiger partial charge in [-0.05, 0) is 18.4 Å². The fourth-order valence-corrected chi connectivity index (χ4v) is 3.63. The summed E-state index contributed by atoms with van der Waals surface area (Å²) in [6.07, 6.45) is 4.58. The van der Waals surface area contributed by atoms with Crippen LogP contribution in [-0.2, 0) is 14.3 Å². The first-order valence-electron chi connectivity index (χ1n) is 8.32. The summed E-state index contributed by atoms with van der Waals surface area (Å²) >= 11 is 0. The zero-order valence-corrected chi connectivity index (χ0v) is 13.2. The van der Waals surface area contributed by atoms with E-state index in [2.05, 4.69) is 0 Å². The molecule has 1 aromatic rings. The lowest BCUT2D eigenvalue weighted by atomic mass is 9.89. The number of carboxylic acids is 1. The lowest BCUT2D eigenvalue weighted by molar-refractivity contribution is -0.142. The van der Waals surface area contributed by atoms with Crippen LogP contribution in [0.1, 0.15) is 37.2 Å². The van der Waals surface area contributed by atoms with Gasteiger partial charge in [0, 0.05) is 19.0 Å². The Bertz CT molecular complexity index is 553. The van der Waals surface area contributed by atoms with Crippen LogP contribution in [0.3, 0.4) is 0 Å². The number of ether oxygens (including phenoxy) is 1. The van der Waals surface area contributed by atoms with Gasteiger partial charge in [-0.1, -0.05) is 43.2 Å². The van der Waals surface area contributed by atoms with Crippen molar-refractivity contribution in [2.24, 2.45) is 5.92 Å². The molecule has 1 saturated heterocycles. The first kappa shape index (κ1) is 16.0. The zero-order chi connectivity index (χ0) is 16.2. The normalized spacial score (nSPS) is 25.0. The van der Waals surface area contributed by atoms with Crippen molar-refractivity contribution >= 4 is 11.9 Å². The van der Waals surface area contributed by atoms with Crippen LogP contribution in [0.2, 0.25) is 0 Å². The highest BCUT2D eigenvalue weighted by molar-refractivity contribution is 5.80. The Morgan fingerprint density at radius 2 is 1.83 bits per heavy atom. The molecule has 1 saturated carbocycles. The first-order chi connectivity index (χ1) is 11.1. The molecule has 0 bridgehead atoms. The molecule has 0 unspecified atom stereocenters. The second-order valence-corrected chi connectivity index (χ2v) is 6.48. The van der Waals surface area contributed by atoms with E-state index in [1.54, 1.807) is 4.90 Å². The third-order valence-electron chi connectivity index (χ3n) is 4.96. The molecular weight excluding hydrogens is 294 g/mol. The monoisotopic (exact) mass is 317 g/mol. The molecule has 1 amide bonds. The van der Waals surface area contributed by atoms with Crippen LogP contribution in [0, 0.1) is 5.92 Å². The quantitative estimate of drug-likeness (QED) is 0.904. The SMILES string of the molecule is O=C(O)[C@@H]1CN(C(=O)COC2CCCC2)C[C@@H]1c1ccccc1. The number of amides is 1. The van der Waals surface area contributed by atoms with Crippen molar-refractivity contribution in [2.75, 3.05) is 19.7 Å². The van der Waals surface area contributed by atoms with Gasteiger partial charge in [0.2, 0.25) is 5.91 Å². The summed E-state index contributed by atoms with van der Waals surface area (Å²) in [6.45, 7) is 0.786. The van der Waals surface area contributed by atoms with Crippen LogP contribution >= 0.6 is 0 Å². The maximum atomic E-state index is 12.4. The topological polar surface area (TPSA) is 66.8 Å². The highest BCUT2D eigenvalue weighted by atomic mass is 16.5. The van der Waals surface area contributed by atoms with Crippen molar-refractivity contribution < 1.29 is 19.4 Å². The molecule has 2 fully saturated rings. The number of likely N-dealkylation sites (tertiary alicyclic amines) is 1. The molecule has 3 rings (SSSR count). The van der Waals surface area contributed by atoms with Crippen molar-refractivity contribution in [3.05, 3.63) is 35.9 Å². The highest BCUT2D eigenvalue weighted by Crippen LogP contribution is 2.33. The van der Waals surface area contributed by atoms with E-state index in [1.165, 1.54) is 12.8 Å². The molecule has 0 radical (unpaired) electrons. The average molecular weight is 317 g/mol. The number of hydrogen-bond donors (Lipinski definition) is 1. The van der Waals surface area contributed by atoms with Crippen molar-refractivity contribution in [1.29, 1.82) is 0 Å². The van der Waals surface area contributed by atoms with E-state index < -0.39 is 11.9 Å². The maximum Gasteiger partial charge on any atom is 0.308 e. The average Bonchev–Trinajstić information content (AvgIpc) is 3.23.